The van der Waals surface area contributed by atoms with Gasteiger partial charge in [0.25, 0.3) is 0 Å². The molecule has 0 amide bonds. The van der Waals surface area contributed by atoms with Gasteiger partial charge in [0.2, 0.25) is 0 Å². The van der Waals surface area contributed by atoms with E-state index in [-0.39, 0.29) is 16.9 Å². The van der Waals surface area contributed by atoms with Gasteiger partial charge in [-0.1, -0.05) is 6.07 Å². The topological polar surface area (TPSA) is 17.8 Å². The predicted molar refractivity (Wildman–Crippen MR) is 75.2 cm³/mol. The molecule has 0 aliphatic rings. The third-order valence-corrected chi connectivity index (χ3v) is 3.62. The Morgan fingerprint density at radius 2 is 1.86 bits per heavy atom. The van der Waals surface area contributed by atoms with Crippen LogP contribution in [0.5, 0.6) is 0 Å². The van der Waals surface area contributed by atoms with E-state index in [1.807, 2.05) is 0 Å². The summed E-state index contributed by atoms with van der Waals surface area (Å²) in [5, 5.41) is 0. The second-order valence-corrected chi connectivity index (χ2v) is 4.88. The Bertz CT molecular complexity index is 843. The SMILES string of the molecule is Cc1c(F)cccc1-n1c(CCl)nc2ccc(F)c(F)c21. The lowest BCUT2D eigenvalue weighted by Crippen LogP contribution is -2.04. The third kappa shape index (κ3) is 2.08. The number of benzene rings is 2. The first-order chi connectivity index (χ1) is 10.0. The average Bonchev–Trinajstić information content (AvgIpc) is 2.85. The molecule has 6 heteroatoms. The van der Waals surface area contributed by atoms with Crippen molar-refractivity contribution in [1.82, 2.24) is 9.55 Å². The largest absolute Gasteiger partial charge is 0.292 e. The maximum absolute atomic E-state index is 14.2. The van der Waals surface area contributed by atoms with E-state index in [2.05, 4.69) is 4.98 Å². The molecule has 0 unspecified atom stereocenters. The van der Waals surface area contributed by atoms with E-state index in [1.54, 1.807) is 13.0 Å². The minimum absolute atomic E-state index is 0.00824. The lowest BCUT2D eigenvalue weighted by Gasteiger charge is -2.12. The van der Waals surface area contributed by atoms with Crippen LogP contribution in [0.4, 0.5) is 13.2 Å². The molecule has 0 fully saturated rings. The predicted octanol–water partition coefficient (Wildman–Crippen LogP) is 4.49. The molecular formula is C15H10ClF3N2. The van der Waals surface area contributed by atoms with Gasteiger partial charge in [-0.3, -0.25) is 4.57 Å². The number of halogens is 4. The molecule has 1 aromatic heterocycles. The van der Waals surface area contributed by atoms with Crippen molar-refractivity contribution in [2.75, 3.05) is 0 Å². The van der Waals surface area contributed by atoms with E-state index >= 15 is 0 Å². The molecule has 0 atom stereocenters. The van der Waals surface area contributed by atoms with Gasteiger partial charge in [0.05, 0.1) is 17.1 Å². The molecule has 0 saturated heterocycles. The monoisotopic (exact) mass is 310 g/mol. The molecule has 0 spiro atoms. The van der Waals surface area contributed by atoms with Crippen molar-refractivity contribution < 1.29 is 13.2 Å². The Kier molecular flexibility index (Phi) is 3.37. The molecule has 2 aromatic carbocycles. The van der Waals surface area contributed by atoms with Gasteiger partial charge in [-0.25, -0.2) is 18.2 Å². The van der Waals surface area contributed by atoms with Crippen molar-refractivity contribution in [2.24, 2.45) is 0 Å². The highest BCUT2D eigenvalue weighted by Gasteiger charge is 2.19. The summed E-state index contributed by atoms with van der Waals surface area (Å²) in [6.45, 7) is 1.56. The molecule has 1 heterocycles. The van der Waals surface area contributed by atoms with Crippen molar-refractivity contribution >= 4 is 22.6 Å². The molecule has 0 aliphatic heterocycles. The molecule has 0 bridgehead atoms. The number of rotatable bonds is 2. The average molecular weight is 311 g/mol. The summed E-state index contributed by atoms with van der Waals surface area (Å²) >= 11 is 5.84. The second-order valence-electron chi connectivity index (χ2n) is 4.61. The van der Waals surface area contributed by atoms with E-state index in [1.165, 1.54) is 22.8 Å². The summed E-state index contributed by atoms with van der Waals surface area (Å²) in [5.41, 5.74) is 0.928. The van der Waals surface area contributed by atoms with Crippen LogP contribution in [-0.4, -0.2) is 9.55 Å². The summed E-state index contributed by atoms with van der Waals surface area (Å²) in [7, 11) is 0. The summed E-state index contributed by atoms with van der Waals surface area (Å²) < 4.78 is 42.8. The van der Waals surface area contributed by atoms with E-state index < -0.39 is 17.5 Å². The van der Waals surface area contributed by atoms with Gasteiger partial charge in [-0.15, -0.1) is 11.6 Å². The zero-order chi connectivity index (χ0) is 15.1. The van der Waals surface area contributed by atoms with Gasteiger partial charge in [-0.2, -0.15) is 0 Å². The first-order valence-electron chi connectivity index (χ1n) is 6.21. The van der Waals surface area contributed by atoms with Crippen molar-refractivity contribution in [2.45, 2.75) is 12.8 Å². The van der Waals surface area contributed by atoms with Crippen LogP contribution >= 0.6 is 11.6 Å². The Morgan fingerprint density at radius 1 is 1.10 bits per heavy atom. The lowest BCUT2D eigenvalue weighted by atomic mass is 10.1. The van der Waals surface area contributed by atoms with Gasteiger partial charge in [-0.05, 0) is 31.2 Å². The summed E-state index contributed by atoms with van der Waals surface area (Å²) in [6, 6.07) is 6.79. The van der Waals surface area contributed by atoms with Crippen molar-refractivity contribution in [3.63, 3.8) is 0 Å². The maximum Gasteiger partial charge on any atom is 0.185 e. The van der Waals surface area contributed by atoms with Crippen LogP contribution in [0.1, 0.15) is 11.4 Å². The Morgan fingerprint density at radius 3 is 2.57 bits per heavy atom. The summed E-state index contributed by atoms with van der Waals surface area (Å²) in [4.78, 5) is 4.18. The first kappa shape index (κ1) is 13.9. The highest BCUT2D eigenvalue weighted by molar-refractivity contribution is 6.17. The molecule has 3 aromatic rings. The zero-order valence-corrected chi connectivity index (χ0v) is 11.8. The first-order valence-corrected chi connectivity index (χ1v) is 6.75. The molecule has 0 radical (unpaired) electrons. The molecule has 108 valence electrons. The van der Waals surface area contributed by atoms with E-state index in [0.29, 0.717) is 17.1 Å². The highest BCUT2D eigenvalue weighted by Crippen LogP contribution is 2.28. The quantitative estimate of drug-likeness (QED) is 0.638. The number of hydrogen-bond donors (Lipinski definition) is 0. The highest BCUT2D eigenvalue weighted by atomic mass is 35.5. The van der Waals surface area contributed by atoms with Crippen LogP contribution in [0.15, 0.2) is 30.3 Å². The van der Waals surface area contributed by atoms with Crippen LogP contribution in [0.2, 0.25) is 0 Å². The van der Waals surface area contributed by atoms with Gasteiger partial charge >= 0.3 is 0 Å². The number of fused-ring (bicyclic) bond motifs is 1. The smallest absolute Gasteiger partial charge is 0.185 e. The van der Waals surface area contributed by atoms with E-state index in [9.17, 15) is 13.2 Å². The third-order valence-electron chi connectivity index (χ3n) is 3.38. The molecule has 0 saturated carbocycles. The van der Waals surface area contributed by atoms with Crippen molar-refractivity contribution in [3.05, 3.63) is 59.2 Å². The lowest BCUT2D eigenvalue weighted by molar-refractivity contribution is 0.514. The fourth-order valence-corrected chi connectivity index (χ4v) is 2.52. The van der Waals surface area contributed by atoms with Crippen molar-refractivity contribution in [3.8, 4) is 5.69 Å². The van der Waals surface area contributed by atoms with E-state index in [4.69, 9.17) is 11.6 Å². The van der Waals surface area contributed by atoms with Crippen LogP contribution in [0.3, 0.4) is 0 Å². The Labute approximate surface area is 123 Å². The molecular weight excluding hydrogens is 301 g/mol. The molecule has 21 heavy (non-hydrogen) atoms. The summed E-state index contributed by atoms with van der Waals surface area (Å²) in [5.74, 6) is -2.14. The maximum atomic E-state index is 14.2. The Balaban J connectivity index is 2.45. The van der Waals surface area contributed by atoms with Gasteiger partial charge in [0.1, 0.15) is 17.2 Å². The molecule has 2 nitrogen and oxygen atoms in total. The number of aromatic nitrogens is 2. The minimum Gasteiger partial charge on any atom is -0.292 e. The van der Waals surface area contributed by atoms with Gasteiger partial charge in [0.15, 0.2) is 11.6 Å². The van der Waals surface area contributed by atoms with Crippen LogP contribution in [0, 0.1) is 24.4 Å². The molecule has 0 aliphatic carbocycles. The Hall–Kier alpha value is -2.01. The van der Waals surface area contributed by atoms with Crippen LogP contribution in [-0.2, 0) is 5.88 Å². The zero-order valence-electron chi connectivity index (χ0n) is 11.0. The number of alkyl halides is 1. The second kappa shape index (κ2) is 5.07. The number of nitrogens with zero attached hydrogens (tertiary/aromatic N) is 2. The normalized spacial score (nSPS) is 11.3. The van der Waals surface area contributed by atoms with E-state index in [0.717, 1.165) is 6.07 Å². The minimum atomic E-state index is -1.03. The standard InChI is InChI=1S/C15H10ClF3N2/c1-8-9(17)3-2-4-12(8)21-13(7-16)20-11-6-5-10(18)14(19)15(11)21/h2-6H,7H2,1H3. The summed E-state index contributed by atoms with van der Waals surface area (Å²) in [6.07, 6.45) is 0. The fraction of sp³-hybridized carbons (Fsp3) is 0.133. The fourth-order valence-electron chi connectivity index (χ4n) is 2.34. The van der Waals surface area contributed by atoms with Crippen LogP contribution in [0.25, 0.3) is 16.7 Å². The molecule has 3 rings (SSSR count). The van der Waals surface area contributed by atoms with Gasteiger partial charge in [0, 0.05) is 5.56 Å². The van der Waals surface area contributed by atoms with Crippen molar-refractivity contribution in [1.29, 1.82) is 0 Å². The van der Waals surface area contributed by atoms with Crippen LogP contribution < -0.4 is 0 Å². The number of imidazole rings is 1. The van der Waals surface area contributed by atoms with Gasteiger partial charge < -0.3 is 0 Å². The number of hydrogen-bond acceptors (Lipinski definition) is 1. The molecule has 0 N–H and O–H groups in total.